The molecule has 0 spiro atoms. The van der Waals surface area contributed by atoms with E-state index in [1.165, 1.54) is 12.1 Å². The first-order chi connectivity index (χ1) is 12.5. The highest BCUT2D eigenvalue weighted by molar-refractivity contribution is 5.78. The van der Waals surface area contributed by atoms with Gasteiger partial charge in [0, 0.05) is 30.7 Å². The van der Waals surface area contributed by atoms with Crippen LogP contribution in [0.1, 0.15) is 24.3 Å². The molecule has 0 saturated carbocycles. The van der Waals surface area contributed by atoms with Gasteiger partial charge < -0.3 is 19.6 Å². The Morgan fingerprint density at radius 1 is 1.38 bits per heavy atom. The molecule has 3 rings (SSSR count). The van der Waals surface area contributed by atoms with Gasteiger partial charge in [0.1, 0.15) is 11.6 Å². The van der Waals surface area contributed by atoms with Crippen molar-refractivity contribution in [3.63, 3.8) is 0 Å². The summed E-state index contributed by atoms with van der Waals surface area (Å²) in [7, 11) is 0. The van der Waals surface area contributed by atoms with Crippen LogP contribution in [0.15, 0.2) is 28.7 Å². The van der Waals surface area contributed by atoms with Crippen molar-refractivity contribution < 1.29 is 23.4 Å². The molecule has 2 heterocycles. The summed E-state index contributed by atoms with van der Waals surface area (Å²) in [6.45, 7) is 3.33. The van der Waals surface area contributed by atoms with E-state index in [0.29, 0.717) is 42.7 Å². The van der Waals surface area contributed by atoms with Crippen molar-refractivity contribution in [2.75, 3.05) is 26.4 Å². The van der Waals surface area contributed by atoms with E-state index < -0.39 is 0 Å². The number of aliphatic hydroxyl groups is 1. The van der Waals surface area contributed by atoms with Crippen LogP contribution in [-0.4, -0.2) is 42.4 Å². The lowest BCUT2D eigenvalue weighted by Crippen LogP contribution is -2.44. The Morgan fingerprint density at radius 2 is 2.15 bits per heavy atom. The fourth-order valence-corrected chi connectivity index (χ4v) is 3.03. The number of nitrogens with one attached hydrogen (secondary N) is 1. The van der Waals surface area contributed by atoms with Gasteiger partial charge in [0.25, 0.3) is 0 Å². The van der Waals surface area contributed by atoms with Gasteiger partial charge in [-0.2, -0.15) is 0 Å². The van der Waals surface area contributed by atoms with Crippen molar-refractivity contribution >= 4 is 5.91 Å². The van der Waals surface area contributed by atoms with Crippen molar-refractivity contribution in [1.29, 1.82) is 0 Å². The predicted octanol–water partition coefficient (Wildman–Crippen LogP) is 2.24. The molecular weight excluding hydrogens is 339 g/mol. The van der Waals surface area contributed by atoms with Gasteiger partial charge in [0.05, 0.1) is 18.7 Å². The first-order valence-electron chi connectivity index (χ1n) is 8.69. The molecule has 1 aromatic heterocycles. The van der Waals surface area contributed by atoms with Crippen LogP contribution in [0.2, 0.25) is 0 Å². The molecule has 1 amide bonds. The van der Waals surface area contributed by atoms with Crippen LogP contribution in [0, 0.1) is 18.2 Å². The lowest BCUT2D eigenvalue weighted by atomic mass is 9.81. The Bertz CT molecular complexity index is 769. The second-order valence-corrected chi connectivity index (χ2v) is 6.76. The molecule has 7 heteroatoms. The summed E-state index contributed by atoms with van der Waals surface area (Å²) in [5, 5.41) is 12.6. The molecule has 0 bridgehead atoms. The normalized spacial score (nSPS) is 16.4. The minimum atomic E-state index is -0.372. The summed E-state index contributed by atoms with van der Waals surface area (Å²) < 4.78 is 24.3. The average Bonchev–Trinajstić information content (AvgIpc) is 3.01. The molecule has 140 valence electrons. The zero-order chi connectivity index (χ0) is 18.6. The van der Waals surface area contributed by atoms with Crippen molar-refractivity contribution in [2.45, 2.75) is 26.2 Å². The van der Waals surface area contributed by atoms with E-state index in [1.54, 1.807) is 19.1 Å². The van der Waals surface area contributed by atoms with E-state index in [0.717, 1.165) is 12.8 Å². The molecular formula is C19H23FN2O4. The molecule has 0 atom stereocenters. The number of hydrogen-bond donors (Lipinski definition) is 2. The summed E-state index contributed by atoms with van der Waals surface area (Å²) in [5.74, 6) is 0.262. The number of aromatic nitrogens is 1. The van der Waals surface area contributed by atoms with Gasteiger partial charge >= 0.3 is 0 Å². The van der Waals surface area contributed by atoms with Crippen molar-refractivity contribution in [3.05, 3.63) is 41.5 Å². The van der Waals surface area contributed by atoms with E-state index in [1.807, 2.05) is 0 Å². The third kappa shape index (κ3) is 4.28. The summed E-state index contributed by atoms with van der Waals surface area (Å²) in [6.07, 6.45) is 1.51. The molecule has 2 aromatic rings. The number of ether oxygens (including phenoxy) is 1. The molecule has 1 aromatic carbocycles. The van der Waals surface area contributed by atoms with E-state index in [4.69, 9.17) is 9.15 Å². The summed E-state index contributed by atoms with van der Waals surface area (Å²) in [5.41, 5.74) is 0.729. The maximum atomic E-state index is 13.4. The van der Waals surface area contributed by atoms with Gasteiger partial charge in [-0.3, -0.25) is 4.79 Å². The lowest BCUT2D eigenvalue weighted by Gasteiger charge is -2.35. The fraction of sp³-hybridized carbons (Fsp3) is 0.474. The first kappa shape index (κ1) is 18.5. The number of rotatable bonds is 6. The minimum absolute atomic E-state index is 0.0172. The van der Waals surface area contributed by atoms with Gasteiger partial charge in [-0.25, -0.2) is 9.37 Å². The third-order valence-electron chi connectivity index (χ3n) is 4.84. The van der Waals surface area contributed by atoms with Crippen LogP contribution in [0.25, 0.3) is 11.5 Å². The molecule has 1 aliphatic heterocycles. The second-order valence-electron chi connectivity index (χ2n) is 6.76. The highest BCUT2D eigenvalue weighted by Gasteiger charge is 2.32. The number of halogens is 1. The van der Waals surface area contributed by atoms with Gasteiger partial charge in [0.15, 0.2) is 0 Å². The average molecular weight is 362 g/mol. The van der Waals surface area contributed by atoms with Crippen LogP contribution in [0.5, 0.6) is 0 Å². The zero-order valence-electron chi connectivity index (χ0n) is 14.8. The van der Waals surface area contributed by atoms with E-state index in [2.05, 4.69) is 10.3 Å². The second kappa shape index (κ2) is 7.97. The Labute approximate surface area is 151 Å². The van der Waals surface area contributed by atoms with Crippen LogP contribution in [-0.2, 0) is 16.0 Å². The quantitative estimate of drug-likeness (QED) is 0.823. The highest BCUT2D eigenvalue weighted by atomic mass is 19.1. The Kier molecular flexibility index (Phi) is 5.68. The SMILES string of the molecule is Cc1oc(-c2cccc(F)c2)nc1CC(=O)NCC1(CO)CCOCC1. The molecule has 1 saturated heterocycles. The lowest BCUT2D eigenvalue weighted by molar-refractivity contribution is -0.121. The fourth-order valence-electron chi connectivity index (χ4n) is 3.03. The third-order valence-corrected chi connectivity index (χ3v) is 4.84. The van der Waals surface area contributed by atoms with Crippen LogP contribution in [0.4, 0.5) is 4.39 Å². The standard InChI is InChI=1S/C19H23FN2O4/c1-13-16(22-18(26-13)14-3-2-4-15(20)9-14)10-17(24)21-11-19(12-23)5-7-25-8-6-19/h2-4,9,23H,5-8,10-12H2,1H3,(H,21,24). The van der Waals surface area contributed by atoms with Gasteiger partial charge in [-0.15, -0.1) is 0 Å². The van der Waals surface area contributed by atoms with Gasteiger partial charge in [0.2, 0.25) is 11.8 Å². The summed E-state index contributed by atoms with van der Waals surface area (Å²) >= 11 is 0. The number of hydrogen-bond acceptors (Lipinski definition) is 5. The van der Waals surface area contributed by atoms with Gasteiger partial charge in [-0.05, 0) is 38.0 Å². The first-order valence-corrected chi connectivity index (χ1v) is 8.69. The highest BCUT2D eigenvalue weighted by Crippen LogP contribution is 2.29. The predicted molar refractivity (Wildman–Crippen MR) is 92.9 cm³/mol. The Hall–Kier alpha value is -2.25. The molecule has 0 unspecified atom stereocenters. The van der Waals surface area contributed by atoms with Crippen molar-refractivity contribution in [3.8, 4) is 11.5 Å². The van der Waals surface area contributed by atoms with E-state index >= 15 is 0 Å². The molecule has 6 nitrogen and oxygen atoms in total. The van der Waals surface area contributed by atoms with E-state index in [-0.39, 0.29) is 30.2 Å². The monoisotopic (exact) mass is 362 g/mol. The Balaban J connectivity index is 1.62. The van der Waals surface area contributed by atoms with Gasteiger partial charge in [-0.1, -0.05) is 6.07 Å². The van der Waals surface area contributed by atoms with Crippen LogP contribution in [0.3, 0.4) is 0 Å². The number of carbonyl (C=O) groups excluding carboxylic acids is 1. The van der Waals surface area contributed by atoms with Crippen LogP contribution < -0.4 is 5.32 Å². The smallest absolute Gasteiger partial charge is 0.226 e. The number of carbonyl (C=O) groups is 1. The maximum Gasteiger partial charge on any atom is 0.226 e. The number of aryl methyl sites for hydroxylation is 1. The summed E-state index contributed by atoms with van der Waals surface area (Å²) in [6, 6.07) is 5.97. The van der Waals surface area contributed by atoms with Crippen molar-refractivity contribution in [1.82, 2.24) is 10.3 Å². The summed E-state index contributed by atoms with van der Waals surface area (Å²) in [4.78, 5) is 16.6. The number of nitrogens with zero attached hydrogens (tertiary/aromatic N) is 1. The maximum absolute atomic E-state index is 13.4. The molecule has 1 fully saturated rings. The number of oxazole rings is 1. The molecule has 2 N–H and O–H groups in total. The largest absolute Gasteiger partial charge is 0.441 e. The Morgan fingerprint density at radius 3 is 2.85 bits per heavy atom. The number of amides is 1. The van der Waals surface area contributed by atoms with E-state index in [9.17, 15) is 14.3 Å². The van der Waals surface area contributed by atoms with Crippen LogP contribution >= 0.6 is 0 Å². The minimum Gasteiger partial charge on any atom is -0.441 e. The zero-order valence-corrected chi connectivity index (χ0v) is 14.8. The molecule has 1 aliphatic rings. The topological polar surface area (TPSA) is 84.6 Å². The van der Waals surface area contributed by atoms with Crippen molar-refractivity contribution in [2.24, 2.45) is 5.41 Å². The molecule has 0 aliphatic carbocycles. The molecule has 0 radical (unpaired) electrons. The number of benzene rings is 1. The molecule has 26 heavy (non-hydrogen) atoms. The number of aliphatic hydroxyl groups excluding tert-OH is 1.